The van der Waals surface area contributed by atoms with Gasteiger partial charge in [-0.25, -0.2) is 9.78 Å². The Kier molecular flexibility index (Phi) is 4.97. The van der Waals surface area contributed by atoms with Gasteiger partial charge in [-0.2, -0.15) is 0 Å². The van der Waals surface area contributed by atoms with Gasteiger partial charge in [-0.05, 0) is 54.9 Å². The molecule has 4 rings (SSSR count). The zero-order chi connectivity index (χ0) is 19.7. The molecule has 1 aromatic rings. The Hall–Kier alpha value is -2.61. The summed E-state index contributed by atoms with van der Waals surface area (Å²) in [4.78, 5) is 29.9. The molecule has 8 nitrogen and oxygen atoms in total. The molecular formula is C20H26N4O4. The Morgan fingerprint density at radius 3 is 2.75 bits per heavy atom. The molecule has 1 aliphatic carbocycles. The minimum Gasteiger partial charge on any atom is -0.438 e. The number of nitrogens with two attached hydrogens (primary N) is 1. The number of anilines is 1. The van der Waals surface area contributed by atoms with Crippen LogP contribution in [0.3, 0.4) is 0 Å². The normalized spacial score (nSPS) is 27.2. The summed E-state index contributed by atoms with van der Waals surface area (Å²) in [6, 6.07) is 3.51. The smallest absolute Gasteiger partial charge is 0.410 e. The van der Waals surface area contributed by atoms with E-state index in [2.05, 4.69) is 10.3 Å². The number of ether oxygens (including phenoxy) is 2. The molecule has 0 unspecified atom stereocenters. The van der Waals surface area contributed by atoms with Gasteiger partial charge in [0.1, 0.15) is 5.82 Å². The van der Waals surface area contributed by atoms with Crippen LogP contribution in [0.15, 0.2) is 24.4 Å². The van der Waals surface area contributed by atoms with E-state index in [0.717, 1.165) is 25.1 Å². The first-order valence-electron chi connectivity index (χ1n) is 9.67. The fourth-order valence-electron chi connectivity index (χ4n) is 4.06. The van der Waals surface area contributed by atoms with Gasteiger partial charge >= 0.3 is 6.09 Å². The molecule has 2 saturated heterocycles. The number of nitrogen functional groups attached to an aromatic ring is 1. The van der Waals surface area contributed by atoms with Crippen LogP contribution < -0.4 is 11.1 Å². The van der Waals surface area contributed by atoms with Gasteiger partial charge < -0.3 is 25.4 Å². The molecule has 3 N–H and O–H groups in total. The predicted octanol–water partition coefficient (Wildman–Crippen LogP) is 1.29. The average Bonchev–Trinajstić information content (AvgIpc) is 3.09. The minimum absolute atomic E-state index is 0.121. The second-order valence-electron chi connectivity index (χ2n) is 8.14. The number of hydrogen-bond donors (Lipinski definition) is 2. The van der Waals surface area contributed by atoms with E-state index in [1.54, 1.807) is 23.2 Å². The summed E-state index contributed by atoms with van der Waals surface area (Å²) in [6.45, 7) is 5.00. The molecule has 1 aromatic heterocycles. The van der Waals surface area contributed by atoms with Gasteiger partial charge in [-0.3, -0.25) is 4.79 Å². The lowest BCUT2D eigenvalue weighted by molar-refractivity contribution is -0.171. The van der Waals surface area contributed by atoms with E-state index < -0.39 is 5.60 Å². The molecule has 0 aromatic carbocycles. The second-order valence-corrected chi connectivity index (χ2v) is 8.14. The highest BCUT2D eigenvalue weighted by Crippen LogP contribution is 2.53. The van der Waals surface area contributed by atoms with Crippen molar-refractivity contribution in [2.24, 2.45) is 17.8 Å². The summed E-state index contributed by atoms with van der Waals surface area (Å²) in [5, 5.41) is 2.92. The third kappa shape index (κ3) is 4.11. The van der Waals surface area contributed by atoms with Gasteiger partial charge in [0, 0.05) is 31.9 Å². The highest BCUT2D eigenvalue weighted by Gasteiger charge is 2.56. The van der Waals surface area contributed by atoms with Crippen LogP contribution in [0, 0.1) is 17.8 Å². The molecule has 150 valence electrons. The van der Waals surface area contributed by atoms with E-state index in [9.17, 15) is 9.59 Å². The molecule has 8 heteroatoms. The van der Waals surface area contributed by atoms with Gasteiger partial charge in [0.25, 0.3) is 0 Å². The second kappa shape index (κ2) is 7.43. The lowest BCUT2D eigenvalue weighted by atomic mass is 10.1. The lowest BCUT2D eigenvalue weighted by Crippen LogP contribution is -2.52. The number of pyridine rings is 1. The van der Waals surface area contributed by atoms with Crippen LogP contribution in [-0.4, -0.2) is 60.3 Å². The maximum absolute atomic E-state index is 12.2. The Bertz CT molecular complexity index is 763. The summed E-state index contributed by atoms with van der Waals surface area (Å²) in [5.74, 6) is 1.98. The summed E-state index contributed by atoms with van der Waals surface area (Å²) in [7, 11) is 0. The van der Waals surface area contributed by atoms with Crippen molar-refractivity contribution in [3.05, 3.63) is 30.0 Å². The summed E-state index contributed by atoms with van der Waals surface area (Å²) < 4.78 is 10.6. The number of amides is 2. The van der Waals surface area contributed by atoms with E-state index in [0.29, 0.717) is 43.3 Å². The number of likely N-dealkylation sites (tertiary alicyclic amines) is 1. The van der Waals surface area contributed by atoms with Crippen molar-refractivity contribution in [2.45, 2.75) is 18.9 Å². The van der Waals surface area contributed by atoms with E-state index in [1.165, 1.54) is 6.08 Å². The number of carbonyl (C=O) groups is 2. The highest BCUT2D eigenvalue weighted by molar-refractivity contribution is 5.91. The molecule has 3 atom stereocenters. The van der Waals surface area contributed by atoms with Crippen molar-refractivity contribution in [1.82, 2.24) is 15.2 Å². The quantitative estimate of drug-likeness (QED) is 0.714. The first-order valence-corrected chi connectivity index (χ1v) is 9.67. The third-order valence-electron chi connectivity index (χ3n) is 5.79. The van der Waals surface area contributed by atoms with Crippen molar-refractivity contribution >= 4 is 23.9 Å². The topological polar surface area (TPSA) is 107 Å². The number of rotatable bonds is 6. The summed E-state index contributed by atoms with van der Waals surface area (Å²) in [6.07, 6.45) is 5.55. The Morgan fingerprint density at radius 1 is 1.39 bits per heavy atom. The van der Waals surface area contributed by atoms with E-state index in [4.69, 9.17) is 15.2 Å². The summed E-state index contributed by atoms with van der Waals surface area (Å²) >= 11 is 0. The van der Waals surface area contributed by atoms with Crippen LogP contribution in [0.25, 0.3) is 6.08 Å². The van der Waals surface area contributed by atoms with Gasteiger partial charge in [0.15, 0.2) is 5.60 Å². The number of hydrogen-bond acceptors (Lipinski definition) is 6. The van der Waals surface area contributed by atoms with Crippen molar-refractivity contribution in [1.29, 1.82) is 0 Å². The molecular weight excluding hydrogens is 360 g/mol. The Balaban J connectivity index is 1.13. The van der Waals surface area contributed by atoms with E-state index in [1.807, 2.05) is 13.0 Å². The zero-order valence-electron chi connectivity index (χ0n) is 16.0. The van der Waals surface area contributed by atoms with Gasteiger partial charge in [0.05, 0.1) is 13.2 Å². The van der Waals surface area contributed by atoms with Gasteiger partial charge in [0.2, 0.25) is 5.91 Å². The van der Waals surface area contributed by atoms with Crippen LogP contribution in [0.2, 0.25) is 0 Å². The van der Waals surface area contributed by atoms with Crippen molar-refractivity contribution in [3.8, 4) is 0 Å². The molecule has 3 heterocycles. The molecule has 0 bridgehead atoms. The maximum atomic E-state index is 12.2. The molecule has 0 spiro atoms. The van der Waals surface area contributed by atoms with E-state index in [-0.39, 0.29) is 12.0 Å². The number of piperidine rings is 1. The van der Waals surface area contributed by atoms with Crippen LogP contribution in [-0.2, 0) is 14.3 Å². The zero-order valence-corrected chi connectivity index (χ0v) is 16.0. The average molecular weight is 386 g/mol. The van der Waals surface area contributed by atoms with Gasteiger partial charge in [-0.1, -0.05) is 0 Å². The van der Waals surface area contributed by atoms with Crippen LogP contribution in [0.4, 0.5) is 10.6 Å². The number of carbonyl (C=O) groups excluding carboxylic acids is 2. The molecule has 3 fully saturated rings. The Morgan fingerprint density at radius 2 is 2.14 bits per heavy atom. The van der Waals surface area contributed by atoms with Crippen molar-refractivity contribution < 1.29 is 19.1 Å². The summed E-state index contributed by atoms with van der Waals surface area (Å²) in [5.41, 5.74) is 5.91. The van der Waals surface area contributed by atoms with Crippen LogP contribution in [0.5, 0.6) is 0 Å². The van der Waals surface area contributed by atoms with Crippen molar-refractivity contribution in [2.75, 3.05) is 38.6 Å². The monoisotopic (exact) mass is 386 g/mol. The van der Waals surface area contributed by atoms with Gasteiger partial charge in [-0.15, -0.1) is 0 Å². The molecule has 2 aliphatic heterocycles. The number of nitrogens with one attached hydrogen (secondary N) is 1. The first-order chi connectivity index (χ1) is 13.4. The first kappa shape index (κ1) is 18.7. The number of aromatic nitrogens is 1. The number of nitrogens with zero attached hydrogens (tertiary/aromatic N) is 2. The number of fused-ring (bicyclic) bond motifs is 1. The fourth-order valence-corrected chi connectivity index (χ4v) is 4.06. The highest BCUT2D eigenvalue weighted by atomic mass is 16.6. The Labute approximate surface area is 164 Å². The minimum atomic E-state index is -0.455. The standard InChI is InChI=1S/C20H26N4O4/c1-20(11-27-12-20)28-19(26)24-9-15-14(16(15)10-24)6-7-22-18(25)5-3-13-2-4-17(21)23-8-13/h2-5,8,14-16H,6-7,9-12H2,1H3,(H2,21,23)(H,22,25)/b5-3+/t14-,15-,16+. The lowest BCUT2D eigenvalue weighted by Gasteiger charge is -2.38. The molecule has 1 saturated carbocycles. The molecule has 0 radical (unpaired) electrons. The molecule has 2 amide bonds. The van der Waals surface area contributed by atoms with Crippen molar-refractivity contribution in [3.63, 3.8) is 0 Å². The predicted molar refractivity (Wildman–Crippen MR) is 103 cm³/mol. The molecule has 3 aliphatic rings. The largest absolute Gasteiger partial charge is 0.438 e. The maximum Gasteiger partial charge on any atom is 0.410 e. The fraction of sp³-hybridized carbons (Fsp3) is 0.550. The van der Waals surface area contributed by atoms with Crippen LogP contribution in [0.1, 0.15) is 18.9 Å². The SMILES string of the molecule is CC1(OC(=O)N2C[C@@H]3[C@@H](CCNC(=O)/C=C/c4ccc(N)nc4)[C@@H]3C2)COC1. The van der Waals surface area contributed by atoms with Crippen LogP contribution >= 0.6 is 0 Å². The molecule has 28 heavy (non-hydrogen) atoms. The van der Waals surface area contributed by atoms with E-state index >= 15 is 0 Å². The third-order valence-corrected chi connectivity index (χ3v) is 5.79.